The molecule has 190 valence electrons. The molecule has 2 aliphatic heterocycles. The summed E-state index contributed by atoms with van der Waals surface area (Å²) in [5.41, 5.74) is 0.990. The summed E-state index contributed by atoms with van der Waals surface area (Å²) in [7, 11) is 3.17. The lowest BCUT2D eigenvalue weighted by Gasteiger charge is -2.43. The van der Waals surface area contributed by atoms with Crippen LogP contribution in [0.5, 0.6) is 11.5 Å². The van der Waals surface area contributed by atoms with Crippen LogP contribution >= 0.6 is 23.1 Å². The van der Waals surface area contributed by atoms with Crippen molar-refractivity contribution in [1.82, 2.24) is 9.88 Å². The third-order valence-corrected chi connectivity index (χ3v) is 10.8. The highest BCUT2D eigenvalue weighted by Gasteiger charge is 2.69. The molecule has 1 aromatic heterocycles. The van der Waals surface area contributed by atoms with Crippen molar-refractivity contribution in [3.63, 3.8) is 0 Å². The number of likely N-dealkylation sites (tertiary alicyclic amines) is 1. The van der Waals surface area contributed by atoms with Crippen molar-refractivity contribution in [3.05, 3.63) is 38.3 Å². The molecule has 2 bridgehead atoms. The van der Waals surface area contributed by atoms with Gasteiger partial charge < -0.3 is 19.2 Å². The number of hydrogen-bond acceptors (Lipinski definition) is 9. The highest BCUT2D eigenvalue weighted by atomic mass is 32.2. The number of rotatable bonds is 6. The average Bonchev–Trinajstić information content (AvgIpc) is 3.59. The molecule has 0 spiro atoms. The molecule has 36 heavy (non-hydrogen) atoms. The standard InChI is InChI=1S/C25H26N2O7S2/c1-4-34-15(28)9-27-23(29)18-11-8-12(19(18)24(27)30)20-17(11)16(21-22(35-20)26-25(31)36-21)10-5-6-13(32-2)14(7-10)33-3/h5-7,11-12,16-20H,4,8-9H2,1-3H3,(H,26,31)/t11-,12-,16-,17-,18+,19-,20+/m0/s1. The largest absolute Gasteiger partial charge is 0.493 e. The molecule has 0 unspecified atom stereocenters. The van der Waals surface area contributed by atoms with Gasteiger partial charge in [0, 0.05) is 16.0 Å². The molecule has 7 atom stereocenters. The number of methoxy groups -OCH3 is 2. The first-order valence-electron chi connectivity index (χ1n) is 12.0. The summed E-state index contributed by atoms with van der Waals surface area (Å²) in [6.45, 7) is 1.56. The van der Waals surface area contributed by atoms with Crippen LogP contribution in [0.2, 0.25) is 0 Å². The number of nitrogens with zero attached hydrogens (tertiary/aromatic N) is 1. The van der Waals surface area contributed by atoms with Gasteiger partial charge in [0.25, 0.3) is 0 Å². The molecule has 2 saturated carbocycles. The van der Waals surface area contributed by atoms with E-state index in [-0.39, 0.29) is 58.8 Å². The number of hydrogen-bond donors (Lipinski definition) is 1. The number of carbonyl (C=O) groups excluding carboxylic acids is 3. The molecule has 2 amide bonds. The SMILES string of the molecule is CCOC(=O)CN1C(=O)[C@@H]2[C@H]3C[C@H]([C@H]4Sc5[nH]c(=O)sc5[C@@H](c5ccc(OC)c(OC)c5)[C@H]34)[C@@H]2C1=O. The Morgan fingerprint density at radius 2 is 1.81 bits per heavy atom. The second-order valence-electron chi connectivity index (χ2n) is 9.64. The number of thiazole rings is 1. The number of aromatic nitrogens is 1. The smallest absolute Gasteiger partial charge is 0.326 e. The van der Waals surface area contributed by atoms with E-state index in [1.807, 2.05) is 18.2 Å². The van der Waals surface area contributed by atoms with Crippen molar-refractivity contribution in [2.45, 2.75) is 29.5 Å². The second kappa shape index (κ2) is 8.65. The van der Waals surface area contributed by atoms with Gasteiger partial charge in [-0.05, 0) is 48.8 Å². The molecule has 11 heteroatoms. The van der Waals surface area contributed by atoms with Crippen LogP contribution in [-0.4, -0.2) is 60.3 Å². The lowest BCUT2D eigenvalue weighted by atomic mass is 9.68. The van der Waals surface area contributed by atoms with Crippen molar-refractivity contribution in [2.24, 2.45) is 29.6 Å². The van der Waals surface area contributed by atoms with Crippen molar-refractivity contribution in [3.8, 4) is 11.5 Å². The first-order valence-corrected chi connectivity index (χ1v) is 13.7. The quantitative estimate of drug-likeness (QED) is 0.448. The van der Waals surface area contributed by atoms with Crippen molar-refractivity contribution in [2.75, 3.05) is 27.4 Å². The zero-order chi connectivity index (χ0) is 25.3. The summed E-state index contributed by atoms with van der Waals surface area (Å²) in [6, 6.07) is 5.80. The maximum Gasteiger partial charge on any atom is 0.326 e. The number of esters is 1. The average molecular weight is 531 g/mol. The van der Waals surface area contributed by atoms with Gasteiger partial charge in [-0.2, -0.15) is 0 Å². The number of thioether (sulfide) groups is 1. The number of H-pyrrole nitrogens is 1. The van der Waals surface area contributed by atoms with Gasteiger partial charge >= 0.3 is 10.8 Å². The molecule has 1 N–H and O–H groups in total. The van der Waals surface area contributed by atoms with Gasteiger partial charge in [0.05, 0.1) is 37.7 Å². The van der Waals surface area contributed by atoms with Crippen LogP contribution in [-0.2, 0) is 19.1 Å². The minimum Gasteiger partial charge on any atom is -0.493 e. The maximum absolute atomic E-state index is 13.5. The predicted molar refractivity (Wildman–Crippen MR) is 131 cm³/mol. The maximum atomic E-state index is 13.5. The minimum atomic E-state index is -0.568. The van der Waals surface area contributed by atoms with E-state index in [0.29, 0.717) is 11.5 Å². The first kappa shape index (κ1) is 23.6. The Labute approximate surface area is 215 Å². The van der Waals surface area contributed by atoms with E-state index >= 15 is 0 Å². The molecule has 9 nitrogen and oxygen atoms in total. The van der Waals surface area contributed by atoms with Crippen LogP contribution in [0.15, 0.2) is 28.0 Å². The van der Waals surface area contributed by atoms with Crippen LogP contribution in [0.3, 0.4) is 0 Å². The van der Waals surface area contributed by atoms with Gasteiger partial charge in [-0.25, -0.2) is 0 Å². The normalized spacial score (nSPS) is 31.8. The zero-order valence-corrected chi connectivity index (χ0v) is 21.6. The minimum absolute atomic E-state index is 0.00200. The number of nitrogens with one attached hydrogen (secondary N) is 1. The lowest BCUT2D eigenvalue weighted by molar-refractivity contribution is -0.153. The summed E-state index contributed by atoms with van der Waals surface area (Å²) in [5, 5.41) is 0.918. The summed E-state index contributed by atoms with van der Waals surface area (Å²) in [5.74, 6) is -0.839. The Kier molecular flexibility index (Phi) is 5.67. The molecule has 3 heterocycles. The molecule has 6 rings (SSSR count). The number of amides is 2. The Morgan fingerprint density at radius 1 is 1.08 bits per heavy atom. The molecule has 2 aromatic rings. The zero-order valence-electron chi connectivity index (χ0n) is 20.0. The van der Waals surface area contributed by atoms with E-state index in [1.54, 1.807) is 32.9 Å². The number of carbonyl (C=O) groups is 3. The van der Waals surface area contributed by atoms with Gasteiger partial charge in [0.2, 0.25) is 11.8 Å². The van der Waals surface area contributed by atoms with Crippen LogP contribution in [0.1, 0.15) is 29.7 Å². The highest BCUT2D eigenvalue weighted by molar-refractivity contribution is 8.00. The topological polar surface area (TPSA) is 115 Å². The summed E-state index contributed by atoms with van der Waals surface area (Å²) in [6.07, 6.45) is 0.783. The predicted octanol–water partition coefficient (Wildman–Crippen LogP) is 2.49. The van der Waals surface area contributed by atoms with Gasteiger partial charge in [0.15, 0.2) is 11.5 Å². The summed E-state index contributed by atoms with van der Waals surface area (Å²) < 4.78 is 16.0. The fourth-order valence-corrected chi connectivity index (χ4v) is 9.88. The Morgan fingerprint density at radius 3 is 2.50 bits per heavy atom. The van der Waals surface area contributed by atoms with Gasteiger partial charge in [-0.1, -0.05) is 17.4 Å². The fraction of sp³-hybridized carbons (Fsp3) is 0.520. The Bertz CT molecular complexity index is 1320. The Balaban J connectivity index is 1.41. The molecule has 3 fully saturated rings. The summed E-state index contributed by atoms with van der Waals surface area (Å²) >= 11 is 2.83. The number of fused-ring (bicyclic) bond motifs is 9. The van der Waals surface area contributed by atoms with Crippen LogP contribution in [0.25, 0.3) is 0 Å². The third-order valence-electron chi connectivity index (χ3n) is 8.17. The highest BCUT2D eigenvalue weighted by Crippen LogP contribution is 2.68. The van der Waals surface area contributed by atoms with Crippen LogP contribution in [0.4, 0.5) is 0 Å². The third kappa shape index (κ3) is 3.28. The lowest BCUT2D eigenvalue weighted by Crippen LogP contribution is -2.42. The molecular weight excluding hydrogens is 504 g/mol. The van der Waals surface area contributed by atoms with Crippen LogP contribution < -0.4 is 14.3 Å². The molecular formula is C25H26N2O7S2. The van der Waals surface area contributed by atoms with Gasteiger partial charge in [-0.3, -0.25) is 24.1 Å². The number of aromatic amines is 1. The molecule has 1 saturated heterocycles. The molecule has 2 aliphatic carbocycles. The second-order valence-corrected chi connectivity index (χ2v) is 11.8. The van der Waals surface area contributed by atoms with Crippen molar-refractivity contribution in [1.29, 1.82) is 0 Å². The monoisotopic (exact) mass is 530 g/mol. The van der Waals surface area contributed by atoms with E-state index in [9.17, 15) is 19.2 Å². The van der Waals surface area contributed by atoms with Crippen molar-refractivity contribution < 1.29 is 28.6 Å². The molecule has 4 aliphatic rings. The van der Waals surface area contributed by atoms with E-state index in [1.165, 1.54) is 11.3 Å². The van der Waals surface area contributed by atoms with E-state index in [2.05, 4.69) is 4.98 Å². The fourth-order valence-electron chi connectivity index (χ4n) is 6.99. The first-order chi connectivity index (χ1) is 17.4. The molecule has 0 radical (unpaired) electrons. The molecule has 1 aromatic carbocycles. The summed E-state index contributed by atoms with van der Waals surface area (Å²) in [4.78, 5) is 56.3. The Hall–Kier alpha value is -2.79. The van der Waals surface area contributed by atoms with Crippen molar-refractivity contribution >= 4 is 40.9 Å². The van der Waals surface area contributed by atoms with E-state index < -0.39 is 17.8 Å². The van der Waals surface area contributed by atoms with E-state index in [4.69, 9.17) is 14.2 Å². The van der Waals surface area contributed by atoms with Gasteiger partial charge in [0.1, 0.15) is 6.54 Å². The van der Waals surface area contributed by atoms with Gasteiger partial charge in [-0.15, -0.1) is 11.8 Å². The van der Waals surface area contributed by atoms with Crippen LogP contribution in [0, 0.1) is 29.6 Å². The van der Waals surface area contributed by atoms with E-state index in [0.717, 1.165) is 26.8 Å². The number of imide groups is 1. The number of ether oxygens (including phenoxy) is 3. The number of benzene rings is 1.